The number of carbonyl (C=O) groups is 1. The zero-order valence-electron chi connectivity index (χ0n) is 11.3. The van der Waals surface area contributed by atoms with Crippen LogP contribution in [0.3, 0.4) is 0 Å². The summed E-state index contributed by atoms with van der Waals surface area (Å²) < 4.78 is 24.8. The number of halogens is 2. The standard InChI is InChI=1S/C16H12BrFO3/c1-9-6-10(18)2-3-11(9)16(19)12-7-14-15(8-13(12)17)21-5-4-20-14/h2-3,6-8H,4-5H2,1H3. The molecule has 108 valence electrons. The highest BCUT2D eigenvalue weighted by molar-refractivity contribution is 9.10. The predicted molar refractivity (Wildman–Crippen MR) is 79.7 cm³/mol. The van der Waals surface area contributed by atoms with E-state index in [2.05, 4.69) is 15.9 Å². The van der Waals surface area contributed by atoms with Gasteiger partial charge in [-0.05, 0) is 58.7 Å². The summed E-state index contributed by atoms with van der Waals surface area (Å²) in [5, 5.41) is 0. The molecule has 0 radical (unpaired) electrons. The Balaban J connectivity index is 2.05. The van der Waals surface area contributed by atoms with Crippen LogP contribution in [0.1, 0.15) is 21.5 Å². The lowest BCUT2D eigenvalue weighted by atomic mass is 9.98. The van der Waals surface area contributed by atoms with Gasteiger partial charge in [-0.1, -0.05) is 0 Å². The lowest BCUT2D eigenvalue weighted by Gasteiger charge is -2.19. The van der Waals surface area contributed by atoms with Crippen LogP contribution in [0.25, 0.3) is 0 Å². The smallest absolute Gasteiger partial charge is 0.194 e. The first-order valence-electron chi connectivity index (χ1n) is 6.46. The van der Waals surface area contributed by atoms with Gasteiger partial charge in [0.1, 0.15) is 19.0 Å². The molecule has 5 heteroatoms. The second-order valence-corrected chi connectivity index (χ2v) is 5.62. The number of ketones is 1. The van der Waals surface area contributed by atoms with Crippen LogP contribution in [0.15, 0.2) is 34.8 Å². The Labute approximate surface area is 129 Å². The van der Waals surface area contributed by atoms with Gasteiger partial charge in [0, 0.05) is 15.6 Å². The van der Waals surface area contributed by atoms with Gasteiger partial charge in [-0.25, -0.2) is 4.39 Å². The second kappa shape index (κ2) is 5.48. The van der Waals surface area contributed by atoms with E-state index in [4.69, 9.17) is 9.47 Å². The van der Waals surface area contributed by atoms with E-state index in [9.17, 15) is 9.18 Å². The minimum atomic E-state index is -0.356. The van der Waals surface area contributed by atoms with Crippen molar-refractivity contribution < 1.29 is 18.7 Å². The van der Waals surface area contributed by atoms with Crippen LogP contribution in [-0.4, -0.2) is 19.0 Å². The summed E-state index contributed by atoms with van der Waals surface area (Å²) in [6, 6.07) is 7.51. The molecule has 3 rings (SSSR count). The Morgan fingerprint density at radius 1 is 1.10 bits per heavy atom. The number of rotatable bonds is 2. The Bertz CT molecular complexity index is 728. The van der Waals surface area contributed by atoms with Gasteiger partial charge in [-0.15, -0.1) is 0 Å². The van der Waals surface area contributed by atoms with E-state index in [0.717, 1.165) is 0 Å². The predicted octanol–water partition coefficient (Wildman–Crippen LogP) is 3.90. The average molecular weight is 351 g/mol. The maximum atomic E-state index is 13.2. The SMILES string of the molecule is Cc1cc(F)ccc1C(=O)c1cc2c(cc1Br)OCCO2. The Morgan fingerprint density at radius 3 is 2.43 bits per heavy atom. The number of hydrogen-bond donors (Lipinski definition) is 0. The van der Waals surface area contributed by atoms with Crippen molar-refractivity contribution in [3.05, 3.63) is 57.3 Å². The Hall–Kier alpha value is -1.88. The minimum Gasteiger partial charge on any atom is -0.486 e. The molecule has 1 heterocycles. The van der Waals surface area contributed by atoms with Crippen LogP contribution in [-0.2, 0) is 0 Å². The summed E-state index contributed by atoms with van der Waals surface area (Å²) in [7, 11) is 0. The van der Waals surface area contributed by atoms with E-state index in [0.29, 0.717) is 45.9 Å². The fourth-order valence-corrected chi connectivity index (χ4v) is 2.77. The lowest BCUT2D eigenvalue weighted by Crippen LogP contribution is -2.16. The van der Waals surface area contributed by atoms with E-state index in [1.165, 1.54) is 18.2 Å². The average Bonchev–Trinajstić information content (AvgIpc) is 2.46. The Morgan fingerprint density at radius 2 is 1.76 bits per heavy atom. The van der Waals surface area contributed by atoms with Crippen LogP contribution in [0, 0.1) is 12.7 Å². The van der Waals surface area contributed by atoms with Crippen LogP contribution in [0.2, 0.25) is 0 Å². The zero-order chi connectivity index (χ0) is 15.0. The van der Waals surface area contributed by atoms with Gasteiger partial charge in [-0.2, -0.15) is 0 Å². The first kappa shape index (κ1) is 14.1. The van der Waals surface area contributed by atoms with Gasteiger partial charge in [-0.3, -0.25) is 4.79 Å². The van der Waals surface area contributed by atoms with Crippen LogP contribution in [0.4, 0.5) is 4.39 Å². The first-order chi connectivity index (χ1) is 10.1. The van der Waals surface area contributed by atoms with Crippen molar-refractivity contribution in [2.75, 3.05) is 13.2 Å². The number of benzene rings is 2. The van der Waals surface area contributed by atoms with E-state index in [1.807, 2.05) is 0 Å². The molecule has 0 fully saturated rings. The van der Waals surface area contributed by atoms with Gasteiger partial charge in [0.05, 0.1) is 0 Å². The number of carbonyl (C=O) groups excluding carboxylic acids is 1. The summed E-state index contributed by atoms with van der Waals surface area (Å²) in [5.41, 5.74) is 1.53. The summed E-state index contributed by atoms with van der Waals surface area (Å²) >= 11 is 3.38. The van der Waals surface area contributed by atoms with Crippen molar-refractivity contribution in [3.8, 4) is 11.5 Å². The van der Waals surface area contributed by atoms with Crippen molar-refractivity contribution in [2.24, 2.45) is 0 Å². The largest absolute Gasteiger partial charge is 0.486 e. The molecular weight excluding hydrogens is 339 g/mol. The van der Waals surface area contributed by atoms with E-state index in [1.54, 1.807) is 19.1 Å². The van der Waals surface area contributed by atoms with Gasteiger partial charge < -0.3 is 9.47 Å². The topological polar surface area (TPSA) is 35.5 Å². The molecule has 0 saturated carbocycles. The van der Waals surface area contributed by atoms with Gasteiger partial charge in [0.15, 0.2) is 17.3 Å². The van der Waals surface area contributed by atoms with E-state index in [-0.39, 0.29) is 11.6 Å². The van der Waals surface area contributed by atoms with Crippen molar-refractivity contribution in [2.45, 2.75) is 6.92 Å². The third kappa shape index (κ3) is 2.65. The van der Waals surface area contributed by atoms with Crippen molar-refractivity contribution in [3.63, 3.8) is 0 Å². The van der Waals surface area contributed by atoms with Crippen LogP contribution in [0.5, 0.6) is 11.5 Å². The van der Waals surface area contributed by atoms with E-state index < -0.39 is 0 Å². The molecule has 21 heavy (non-hydrogen) atoms. The quantitative estimate of drug-likeness (QED) is 0.770. The molecule has 0 saturated heterocycles. The highest BCUT2D eigenvalue weighted by atomic mass is 79.9. The molecule has 3 nitrogen and oxygen atoms in total. The molecule has 0 aliphatic carbocycles. The molecule has 1 aliphatic rings. The maximum absolute atomic E-state index is 13.2. The van der Waals surface area contributed by atoms with Gasteiger partial charge >= 0.3 is 0 Å². The van der Waals surface area contributed by atoms with Crippen LogP contribution < -0.4 is 9.47 Å². The molecule has 0 aromatic heterocycles. The number of aryl methyl sites for hydroxylation is 1. The highest BCUT2D eigenvalue weighted by Crippen LogP contribution is 2.36. The zero-order valence-corrected chi connectivity index (χ0v) is 12.9. The summed E-state index contributed by atoms with van der Waals surface area (Å²) in [6.45, 7) is 2.66. The monoisotopic (exact) mass is 350 g/mol. The fraction of sp³-hybridized carbons (Fsp3) is 0.188. The number of hydrogen-bond acceptors (Lipinski definition) is 3. The molecule has 2 aromatic carbocycles. The molecule has 0 unspecified atom stereocenters. The second-order valence-electron chi connectivity index (χ2n) is 4.76. The Kier molecular flexibility index (Phi) is 3.68. The first-order valence-corrected chi connectivity index (χ1v) is 7.25. The minimum absolute atomic E-state index is 0.184. The molecule has 0 bridgehead atoms. The molecule has 0 amide bonds. The molecule has 0 atom stereocenters. The van der Waals surface area contributed by atoms with E-state index >= 15 is 0 Å². The maximum Gasteiger partial charge on any atom is 0.194 e. The fourth-order valence-electron chi connectivity index (χ4n) is 2.26. The normalized spacial score (nSPS) is 13.1. The highest BCUT2D eigenvalue weighted by Gasteiger charge is 2.20. The van der Waals surface area contributed by atoms with Crippen molar-refractivity contribution in [1.82, 2.24) is 0 Å². The summed E-state index contributed by atoms with van der Waals surface area (Å²) in [6.07, 6.45) is 0. The summed E-state index contributed by atoms with van der Waals surface area (Å²) in [5.74, 6) is 0.620. The van der Waals surface area contributed by atoms with Crippen LogP contribution >= 0.6 is 15.9 Å². The van der Waals surface area contributed by atoms with Gasteiger partial charge in [0.25, 0.3) is 0 Å². The molecule has 2 aromatic rings. The lowest BCUT2D eigenvalue weighted by molar-refractivity contribution is 0.103. The van der Waals surface area contributed by atoms with Crippen molar-refractivity contribution >= 4 is 21.7 Å². The number of fused-ring (bicyclic) bond motifs is 1. The third-order valence-corrected chi connectivity index (χ3v) is 3.97. The molecule has 1 aliphatic heterocycles. The third-order valence-electron chi connectivity index (χ3n) is 3.31. The summed E-state index contributed by atoms with van der Waals surface area (Å²) in [4.78, 5) is 12.6. The van der Waals surface area contributed by atoms with Gasteiger partial charge in [0.2, 0.25) is 0 Å². The molecular formula is C16H12BrFO3. The molecule has 0 N–H and O–H groups in total. The number of ether oxygens (including phenoxy) is 2. The van der Waals surface area contributed by atoms with Crippen molar-refractivity contribution in [1.29, 1.82) is 0 Å². The molecule has 0 spiro atoms.